The summed E-state index contributed by atoms with van der Waals surface area (Å²) in [5.74, 6) is 0.279. The molecule has 1 aromatic carbocycles. The van der Waals surface area contributed by atoms with Gasteiger partial charge in [0, 0.05) is 0 Å². The number of esters is 2. The van der Waals surface area contributed by atoms with Gasteiger partial charge in [-0.2, -0.15) is 0 Å². The van der Waals surface area contributed by atoms with Crippen molar-refractivity contribution in [3.63, 3.8) is 0 Å². The first-order chi connectivity index (χ1) is 13.8. The molecule has 0 fully saturated rings. The van der Waals surface area contributed by atoms with Gasteiger partial charge in [0.2, 0.25) is 0 Å². The molecule has 0 atom stereocenters. The van der Waals surface area contributed by atoms with E-state index in [2.05, 4.69) is 27.7 Å². The third kappa shape index (κ3) is 10.7. The van der Waals surface area contributed by atoms with Gasteiger partial charge in [-0.15, -0.1) is 0 Å². The molecule has 0 spiro atoms. The summed E-state index contributed by atoms with van der Waals surface area (Å²) >= 11 is 6.19. The van der Waals surface area contributed by atoms with Crippen LogP contribution in [0.5, 0.6) is 0 Å². The average molecular weight is 425 g/mol. The number of rotatable bonds is 14. The van der Waals surface area contributed by atoms with Crippen LogP contribution in [0, 0.1) is 11.8 Å². The van der Waals surface area contributed by atoms with Gasteiger partial charge in [-0.25, -0.2) is 9.59 Å². The van der Waals surface area contributed by atoms with Crippen LogP contribution in [-0.2, 0) is 9.47 Å². The molecular weight excluding hydrogens is 388 g/mol. The first-order valence-corrected chi connectivity index (χ1v) is 11.3. The van der Waals surface area contributed by atoms with Gasteiger partial charge in [0.1, 0.15) is 0 Å². The summed E-state index contributed by atoms with van der Waals surface area (Å²) in [6.07, 6.45) is 8.25. The number of unbranched alkanes of at least 4 members (excludes halogenated alkanes) is 4. The first-order valence-electron chi connectivity index (χ1n) is 11.0. The van der Waals surface area contributed by atoms with Gasteiger partial charge in [0.15, 0.2) is 0 Å². The van der Waals surface area contributed by atoms with Crippen LogP contribution in [-0.4, -0.2) is 25.2 Å². The summed E-state index contributed by atoms with van der Waals surface area (Å²) in [6, 6.07) is 4.79. The predicted octanol–water partition coefficient (Wildman–Crippen LogP) is 7.09. The van der Waals surface area contributed by atoms with E-state index in [1.807, 2.05) is 0 Å². The number of hydrogen-bond acceptors (Lipinski definition) is 4. The third-order valence-corrected chi connectivity index (χ3v) is 5.07. The van der Waals surface area contributed by atoms with Crippen LogP contribution < -0.4 is 0 Å². The SMILES string of the molecule is CC(C)CCCCCOC(=O)c1cccc(Cl)c1C(=O)OCCCCCC(C)C. The minimum absolute atomic E-state index is 0.0983. The van der Waals surface area contributed by atoms with Crippen molar-refractivity contribution in [1.82, 2.24) is 0 Å². The number of carbonyl (C=O) groups excluding carboxylic acids is 2. The molecule has 0 bridgehead atoms. The maximum absolute atomic E-state index is 12.5. The second-order valence-corrected chi connectivity index (χ2v) is 8.83. The quantitative estimate of drug-likeness (QED) is 0.236. The molecule has 0 saturated heterocycles. The van der Waals surface area contributed by atoms with E-state index < -0.39 is 11.9 Å². The lowest BCUT2D eigenvalue weighted by atomic mass is 10.1. The van der Waals surface area contributed by atoms with Gasteiger partial charge in [-0.05, 0) is 36.8 Å². The highest BCUT2D eigenvalue weighted by Crippen LogP contribution is 2.22. The van der Waals surface area contributed by atoms with Crippen LogP contribution in [0.25, 0.3) is 0 Å². The predicted molar refractivity (Wildman–Crippen MR) is 119 cm³/mol. The summed E-state index contributed by atoms with van der Waals surface area (Å²) in [7, 11) is 0. The Morgan fingerprint density at radius 1 is 0.793 bits per heavy atom. The van der Waals surface area contributed by atoms with E-state index in [-0.39, 0.29) is 16.1 Å². The molecule has 0 N–H and O–H groups in total. The Bertz CT molecular complexity index is 625. The molecule has 0 aliphatic carbocycles. The van der Waals surface area contributed by atoms with E-state index >= 15 is 0 Å². The highest BCUT2D eigenvalue weighted by molar-refractivity contribution is 6.34. The normalized spacial score (nSPS) is 11.1. The van der Waals surface area contributed by atoms with Crippen LogP contribution in [0.1, 0.15) is 99.8 Å². The molecule has 0 unspecified atom stereocenters. The van der Waals surface area contributed by atoms with Crippen LogP contribution >= 0.6 is 11.6 Å². The molecular formula is C24H37ClO4. The zero-order valence-corrected chi connectivity index (χ0v) is 19.2. The van der Waals surface area contributed by atoms with Crippen LogP contribution in [0.2, 0.25) is 5.02 Å². The fraction of sp³-hybridized carbons (Fsp3) is 0.667. The Balaban J connectivity index is 2.50. The molecule has 1 rings (SSSR count). The van der Waals surface area contributed by atoms with E-state index in [1.54, 1.807) is 18.2 Å². The molecule has 0 radical (unpaired) electrons. The highest BCUT2D eigenvalue weighted by atomic mass is 35.5. The van der Waals surface area contributed by atoms with Gasteiger partial charge in [-0.3, -0.25) is 0 Å². The second kappa shape index (κ2) is 14.4. The Morgan fingerprint density at radius 2 is 1.31 bits per heavy atom. The highest BCUT2D eigenvalue weighted by Gasteiger charge is 2.22. The lowest BCUT2D eigenvalue weighted by Gasteiger charge is -2.11. The number of carbonyl (C=O) groups is 2. The summed E-state index contributed by atoms with van der Waals surface area (Å²) < 4.78 is 10.7. The standard InChI is InChI=1S/C24H37ClO4/c1-18(2)12-7-5-9-16-28-23(26)20-14-11-15-21(25)22(20)24(27)29-17-10-6-8-13-19(3)4/h11,14-15,18-19H,5-10,12-13,16-17H2,1-4H3. The molecule has 29 heavy (non-hydrogen) atoms. The summed E-state index contributed by atoms with van der Waals surface area (Å²) in [6.45, 7) is 9.46. The molecule has 0 heterocycles. The topological polar surface area (TPSA) is 52.6 Å². The summed E-state index contributed by atoms with van der Waals surface area (Å²) in [5.41, 5.74) is 0.269. The van der Waals surface area contributed by atoms with Crippen molar-refractivity contribution in [3.05, 3.63) is 34.3 Å². The Labute approximate surface area is 181 Å². The number of halogens is 1. The van der Waals surface area contributed by atoms with Gasteiger partial charge < -0.3 is 9.47 Å². The van der Waals surface area contributed by atoms with Crippen LogP contribution in [0.15, 0.2) is 18.2 Å². The molecule has 0 aliphatic rings. The van der Waals surface area contributed by atoms with Crippen molar-refractivity contribution >= 4 is 23.5 Å². The molecule has 4 nitrogen and oxygen atoms in total. The summed E-state index contributed by atoms with van der Waals surface area (Å²) in [4.78, 5) is 24.9. The van der Waals surface area contributed by atoms with Crippen LogP contribution in [0.3, 0.4) is 0 Å². The second-order valence-electron chi connectivity index (χ2n) is 8.42. The third-order valence-electron chi connectivity index (χ3n) is 4.76. The first kappa shape index (κ1) is 25.5. The van der Waals surface area contributed by atoms with E-state index in [1.165, 1.54) is 12.8 Å². The van der Waals surface area contributed by atoms with Gasteiger partial charge in [0.05, 0.1) is 29.4 Å². The lowest BCUT2D eigenvalue weighted by molar-refractivity contribution is 0.0450. The maximum Gasteiger partial charge on any atom is 0.340 e. The Kier molecular flexibility index (Phi) is 12.7. The smallest absolute Gasteiger partial charge is 0.340 e. The van der Waals surface area contributed by atoms with Crippen molar-refractivity contribution in [2.24, 2.45) is 11.8 Å². The lowest BCUT2D eigenvalue weighted by Crippen LogP contribution is -2.15. The zero-order chi connectivity index (χ0) is 21.6. The molecule has 5 heteroatoms. The van der Waals surface area contributed by atoms with E-state index in [9.17, 15) is 9.59 Å². The summed E-state index contributed by atoms with van der Waals surface area (Å²) in [5, 5.41) is 0.209. The van der Waals surface area contributed by atoms with Gasteiger partial charge in [-0.1, -0.05) is 83.9 Å². The molecule has 0 aromatic heterocycles. The monoisotopic (exact) mass is 424 g/mol. The largest absolute Gasteiger partial charge is 0.462 e. The minimum Gasteiger partial charge on any atom is -0.462 e. The minimum atomic E-state index is -0.566. The van der Waals surface area contributed by atoms with Crippen molar-refractivity contribution in [2.75, 3.05) is 13.2 Å². The fourth-order valence-corrected chi connectivity index (χ4v) is 3.30. The van der Waals surface area contributed by atoms with E-state index in [0.29, 0.717) is 25.0 Å². The molecule has 0 aliphatic heterocycles. The number of hydrogen-bond donors (Lipinski definition) is 0. The van der Waals surface area contributed by atoms with Crippen molar-refractivity contribution in [1.29, 1.82) is 0 Å². The van der Waals surface area contributed by atoms with Gasteiger partial charge in [0.25, 0.3) is 0 Å². The number of benzene rings is 1. The molecule has 0 saturated carbocycles. The molecule has 0 amide bonds. The number of ether oxygens (including phenoxy) is 2. The molecule has 1 aromatic rings. The van der Waals surface area contributed by atoms with Gasteiger partial charge >= 0.3 is 11.9 Å². The fourth-order valence-electron chi connectivity index (χ4n) is 3.04. The van der Waals surface area contributed by atoms with E-state index in [4.69, 9.17) is 21.1 Å². The molecule has 164 valence electrons. The maximum atomic E-state index is 12.5. The zero-order valence-electron chi connectivity index (χ0n) is 18.5. The van der Waals surface area contributed by atoms with Crippen molar-refractivity contribution in [3.8, 4) is 0 Å². The Hall–Kier alpha value is -1.55. The van der Waals surface area contributed by atoms with Crippen LogP contribution in [0.4, 0.5) is 0 Å². The van der Waals surface area contributed by atoms with Crippen molar-refractivity contribution < 1.29 is 19.1 Å². The Morgan fingerprint density at radius 3 is 1.83 bits per heavy atom. The average Bonchev–Trinajstić information content (AvgIpc) is 2.66. The van der Waals surface area contributed by atoms with Crippen molar-refractivity contribution in [2.45, 2.75) is 79.1 Å². The van der Waals surface area contributed by atoms with E-state index in [0.717, 1.165) is 38.5 Å².